The summed E-state index contributed by atoms with van der Waals surface area (Å²) in [6, 6.07) is 0. The number of hydrogen-bond donors (Lipinski definition) is 1. The van der Waals surface area contributed by atoms with Crippen LogP contribution in [0.5, 0.6) is 0 Å². The van der Waals surface area contributed by atoms with Gasteiger partial charge in [-0.05, 0) is 12.8 Å². The van der Waals surface area contributed by atoms with Crippen molar-refractivity contribution < 1.29 is 4.79 Å². The third kappa shape index (κ3) is 11.6. The first-order chi connectivity index (χ1) is 5.81. The maximum atomic E-state index is 11.2. The fourth-order valence-corrected chi connectivity index (χ4v) is 1.27. The van der Waals surface area contributed by atoms with Crippen LogP contribution in [0, 0.1) is 0 Å². The summed E-state index contributed by atoms with van der Waals surface area (Å²) < 4.78 is 0. The molecule has 0 unspecified atom stereocenters. The van der Waals surface area contributed by atoms with Gasteiger partial charge in [0.15, 0.2) is 0 Å². The molecule has 2 nitrogen and oxygen atoms in total. The van der Waals surface area contributed by atoms with Gasteiger partial charge in [-0.1, -0.05) is 39.5 Å². The molecule has 0 bridgehead atoms. The first kappa shape index (κ1) is 15.1. The van der Waals surface area contributed by atoms with Crippen LogP contribution in [-0.2, 0) is 4.79 Å². The number of unbranched alkanes of at least 4 members (excludes halogenated alkanes) is 4. The predicted molar refractivity (Wildman–Crippen MR) is 58.3 cm³/mol. The van der Waals surface area contributed by atoms with Crippen molar-refractivity contribution in [2.75, 3.05) is 0 Å². The van der Waals surface area contributed by atoms with E-state index in [0.717, 1.165) is 25.7 Å². The van der Waals surface area contributed by atoms with Crippen LogP contribution in [0.25, 0.3) is 0 Å². The van der Waals surface area contributed by atoms with Gasteiger partial charge in [0.25, 0.3) is 0 Å². The maximum Gasteiger partial charge on any atom is 0.132 e. The van der Waals surface area contributed by atoms with E-state index in [1.807, 2.05) is 0 Å². The van der Waals surface area contributed by atoms with Crippen molar-refractivity contribution in [1.29, 1.82) is 0 Å². The Morgan fingerprint density at radius 3 is 1.54 bits per heavy atom. The lowest BCUT2D eigenvalue weighted by atomic mass is 10.1. The molecule has 0 aromatic heterocycles. The molecule has 2 heteroatoms. The average Bonchev–Trinajstić information content (AvgIpc) is 2.06. The van der Waals surface area contributed by atoms with Gasteiger partial charge in [0.1, 0.15) is 5.78 Å². The lowest BCUT2D eigenvalue weighted by Crippen LogP contribution is -1.96. The summed E-state index contributed by atoms with van der Waals surface area (Å²) in [7, 11) is 0. The average molecular weight is 187 g/mol. The molecule has 0 amide bonds. The Hall–Kier alpha value is -0.370. The van der Waals surface area contributed by atoms with Crippen molar-refractivity contribution in [3.63, 3.8) is 0 Å². The van der Waals surface area contributed by atoms with Crippen molar-refractivity contribution in [3.05, 3.63) is 0 Å². The summed E-state index contributed by atoms with van der Waals surface area (Å²) in [6.45, 7) is 4.34. The van der Waals surface area contributed by atoms with E-state index >= 15 is 0 Å². The minimum absolute atomic E-state index is 0. The maximum absolute atomic E-state index is 11.2. The second-order valence-electron chi connectivity index (χ2n) is 3.45. The van der Waals surface area contributed by atoms with Gasteiger partial charge >= 0.3 is 0 Å². The zero-order valence-electron chi connectivity index (χ0n) is 9.27. The molecule has 0 atom stereocenters. The first-order valence-electron chi connectivity index (χ1n) is 5.33. The summed E-state index contributed by atoms with van der Waals surface area (Å²) in [5.74, 6) is 0.469. The molecule has 80 valence electrons. The largest absolute Gasteiger partial charge is 0.344 e. The van der Waals surface area contributed by atoms with Crippen LogP contribution in [-0.4, -0.2) is 5.78 Å². The number of ketones is 1. The second-order valence-corrected chi connectivity index (χ2v) is 3.45. The summed E-state index contributed by atoms with van der Waals surface area (Å²) in [5.41, 5.74) is 0. The Balaban J connectivity index is 0. The van der Waals surface area contributed by atoms with Gasteiger partial charge in [0.2, 0.25) is 0 Å². The Morgan fingerprint density at radius 2 is 1.23 bits per heavy atom. The van der Waals surface area contributed by atoms with Crippen LogP contribution in [0.2, 0.25) is 0 Å². The number of rotatable bonds is 8. The highest BCUT2D eigenvalue weighted by molar-refractivity contribution is 5.78. The number of carbonyl (C=O) groups is 1. The van der Waals surface area contributed by atoms with Gasteiger partial charge < -0.3 is 6.15 Å². The zero-order valence-corrected chi connectivity index (χ0v) is 9.27. The normalized spacial score (nSPS) is 9.38. The third-order valence-electron chi connectivity index (χ3n) is 2.12. The minimum Gasteiger partial charge on any atom is -0.344 e. The summed E-state index contributed by atoms with van der Waals surface area (Å²) >= 11 is 0. The van der Waals surface area contributed by atoms with Crippen LogP contribution in [0.4, 0.5) is 0 Å². The van der Waals surface area contributed by atoms with E-state index in [4.69, 9.17) is 0 Å². The summed E-state index contributed by atoms with van der Waals surface area (Å²) in [6.07, 6.45) is 8.67. The van der Waals surface area contributed by atoms with Crippen LogP contribution < -0.4 is 6.15 Å². The van der Waals surface area contributed by atoms with E-state index in [-0.39, 0.29) is 6.15 Å². The van der Waals surface area contributed by atoms with Crippen molar-refractivity contribution in [2.24, 2.45) is 0 Å². The molecule has 0 radical (unpaired) electrons. The molecule has 0 aromatic rings. The molecule has 0 saturated heterocycles. The van der Waals surface area contributed by atoms with E-state index in [2.05, 4.69) is 13.8 Å². The van der Waals surface area contributed by atoms with Gasteiger partial charge in [-0.3, -0.25) is 4.79 Å². The van der Waals surface area contributed by atoms with Crippen LogP contribution in [0.15, 0.2) is 0 Å². The molecule has 0 aromatic carbocycles. The van der Waals surface area contributed by atoms with Gasteiger partial charge in [-0.15, -0.1) is 0 Å². The Kier molecular flexibility index (Phi) is 13.5. The van der Waals surface area contributed by atoms with Crippen molar-refractivity contribution in [3.8, 4) is 0 Å². The van der Waals surface area contributed by atoms with Gasteiger partial charge in [-0.2, -0.15) is 0 Å². The zero-order chi connectivity index (χ0) is 9.23. The van der Waals surface area contributed by atoms with E-state index in [0.29, 0.717) is 5.78 Å². The van der Waals surface area contributed by atoms with E-state index < -0.39 is 0 Å². The fraction of sp³-hybridized carbons (Fsp3) is 0.909. The number of Topliss-reactive ketones (excluding diaryl/α,β-unsaturated/α-hetero) is 1. The lowest BCUT2D eigenvalue weighted by molar-refractivity contribution is -0.119. The molecular formula is C11H25NO. The molecule has 13 heavy (non-hydrogen) atoms. The Morgan fingerprint density at radius 1 is 0.846 bits per heavy atom. The first-order valence-corrected chi connectivity index (χ1v) is 5.33. The Labute approximate surface area is 82.7 Å². The van der Waals surface area contributed by atoms with E-state index in [1.54, 1.807) is 0 Å². The van der Waals surface area contributed by atoms with Gasteiger partial charge in [0.05, 0.1) is 0 Å². The molecule has 0 spiro atoms. The Bertz CT molecular complexity index is 101. The van der Waals surface area contributed by atoms with Crippen molar-refractivity contribution in [1.82, 2.24) is 6.15 Å². The predicted octanol–water partition coefficient (Wildman–Crippen LogP) is 3.88. The number of carbonyl (C=O) groups excluding carboxylic acids is 1. The standard InChI is InChI=1S/C11H22O.H3N/c1-3-5-7-9-11(12)10-8-6-4-2;/h3-10H2,1-2H3;1H3. The molecule has 0 fully saturated rings. The molecule has 0 rings (SSSR count). The molecule has 0 aliphatic carbocycles. The molecule has 3 N–H and O–H groups in total. The fourth-order valence-electron chi connectivity index (χ4n) is 1.27. The van der Waals surface area contributed by atoms with Crippen LogP contribution in [0.1, 0.15) is 65.2 Å². The molecular weight excluding hydrogens is 162 g/mol. The van der Waals surface area contributed by atoms with Crippen LogP contribution in [0.3, 0.4) is 0 Å². The molecule has 0 aliphatic rings. The highest BCUT2D eigenvalue weighted by atomic mass is 16.1. The van der Waals surface area contributed by atoms with Crippen molar-refractivity contribution in [2.45, 2.75) is 65.2 Å². The minimum atomic E-state index is 0. The molecule has 0 heterocycles. The molecule has 0 aliphatic heterocycles. The SMILES string of the molecule is CCCCCC(=O)CCCCC.N. The monoisotopic (exact) mass is 187 g/mol. The summed E-state index contributed by atoms with van der Waals surface area (Å²) in [5, 5.41) is 0. The topological polar surface area (TPSA) is 52.1 Å². The van der Waals surface area contributed by atoms with E-state index in [1.165, 1.54) is 25.7 Å². The highest BCUT2D eigenvalue weighted by Crippen LogP contribution is 2.05. The van der Waals surface area contributed by atoms with Crippen LogP contribution >= 0.6 is 0 Å². The van der Waals surface area contributed by atoms with Crippen molar-refractivity contribution >= 4 is 5.78 Å². The lowest BCUT2D eigenvalue weighted by Gasteiger charge is -1.98. The third-order valence-corrected chi connectivity index (χ3v) is 2.12. The number of hydrogen-bond acceptors (Lipinski definition) is 2. The van der Waals surface area contributed by atoms with E-state index in [9.17, 15) is 4.79 Å². The smallest absolute Gasteiger partial charge is 0.132 e. The summed E-state index contributed by atoms with van der Waals surface area (Å²) in [4.78, 5) is 11.2. The quantitative estimate of drug-likeness (QED) is 0.586. The highest BCUT2D eigenvalue weighted by Gasteiger charge is 1.99. The van der Waals surface area contributed by atoms with Gasteiger partial charge in [0, 0.05) is 12.8 Å². The van der Waals surface area contributed by atoms with Gasteiger partial charge in [-0.25, -0.2) is 0 Å². The second kappa shape index (κ2) is 11.6. The molecule has 0 saturated carbocycles.